The number of aromatic nitrogens is 1. The second-order valence-electron chi connectivity index (χ2n) is 5.73. The van der Waals surface area contributed by atoms with Crippen LogP contribution >= 0.6 is 0 Å². The zero-order chi connectivity index (χ0) is 13.1. The van der Waals surface area contributed by atoms with Gasteiger partial charge in [0.25, 0.3) is 0 Å². The summed E-state index contributed by atoms with van der Waals surface area (Å²) in [5.41, 5.74) is 3.79. The van der Waals surface area contributed by atoms with Crippen molar-refractivity contribution in [3.63, 3.8) is 0 Å². The van der Waals surface area contributed by atoms with Crippen molar-refractivity contribution in [3.05, 3.63) is 29.1 Å². The lowest BCUT2D eigenvalue weighted by Crippen LogP contribution is -2.16. The van der Waals surface area contributed by atoms with Crippen molar-refractivity contribution < 1.29 is 4.74 Å². The van der Waals surface area contributed by atoms with Crippen molar-refractivity contribution in [2.45, 2.75) is 38.6 Å². The van der Waals surface area contributed by atoms with Crippen LogP contribution in [0.15, 0.2) is 12.1 Å². The van der Waals surface area contributed by atoms with E-state index in [1.165, 1.54) is 17.0 Å². The molecule has 0 aliphatic carbocycles. The van der Waals surface area contributed by atoms with Crippen LogP contribution in [0, 0.1) is 0 Å². The lowest BCUT2D eigenvalue weighted by atomic mass is 9.95. The predicted molar refractivity (Wildman–Crippen MR) is 73.9 cm³/mol. The molecule has 0 radical (unpaired) electrons. The maximum atomic E-state index is 5.51. The van der Waals surface area contributed by atoms with Gasteiger partial charge in [0.05, 0.1) is 12.3 Å². The van der Waals surface area contributed by atoms with Gasteiger partial charge in [0, 0.05) is 24.8 Å². The summed E-state index contributed by atoms with van der Waals surface area (Å²) in [4.78, 5) is 7.05. The SMILES string of the molecule is CC(C)c1ccc([C@@H]2CCOC2)c(CN(C)C)n1. The monoisotopic (exact) mass is 248 g/mol. The minimum absolute atomic E-state index is 0.486. The van der Waals surface area contributed by atoms with Gasteiger partial charge in [-0.25, -0.2) is 0 Å². The van der Waals surface area contributed by atoms with Gasteiger partial charge in [0.15, 0.2) is 0 Å². The van der Waals surface area contributed by atoms with Gasteiger partial charge in [-0.15, -0.1) is 0 Å². The van der Waals surface area contributed by atoms with Gasteiger partial charge >= 0.3 is 0 Å². The normalized spacial score (nSPS) is 20.0. The Morgan fingerprint density at radius 1 is 1.39 bits per heavy atom. The first kappa shape index (κ1) is 13.5. The van der Waals surface area contributed by atoms with E-state index in [4.69, 9.17) is 9.72 Å². The number of pyridine rings is 1. The molecule has 0 bridgehead atoms. The zero-order valence-electron chi connectivity index (χ0n) is 11.9. The molecule has 1 aromatic rings. The Balaban J connectivity index is 2.31. The highest BCUT2D eigenvalue weighted by molar-refractivity contribution is 5.28. The van der Waals surface area contributed by atoms with E-state index in [0.29, 0.717) is 11.8 Å². The highest BCUT2D eigenvalue weighted by Gasteiger charge is 2.22. The van der Waals surface area contributed by atoms with Gasteiger partial charge in [-0.2, -0.15) is 0 Å². The molecule has 1 aliphatic heterocycles. The van der Waals surface area contributed by atoms with E-state index in [0.717, 1.165) is 26.2 Å². The maximum Gasteiger partial charge on any atom is 0.0582 e. The van der Waals surface area contributed by atoms with E-state index < -0.39 is 0 Å². The minimum atomic E-state index is 0.486. The molecule has 3 heteroatoms. The van der Waals surface area contributed by atoms with Crippen molar-refractivity contribution in [3.8, 4) is 0 Å². The third-order valence-corrected chi connectivity index (χ3v) is 3.46. The molecule has 18 heavy (non-hydrogen) atoms. The van der Waals surface area contributed by atoms with E-state index in [1.807, 2.05) is 0 Å². The van der Waals surface area contributed by atoms with Crippen molar-refractivity contribution in [1.29, 1.82) is 0 Å². The maximum absolute atomic E-state index is 5.51. The zero-order valence-corrected chi connectivity index (χ0v) is 11.9. The Morgan fingerprint density at radius 3 is 2.72 bits per heavy atom. The number of hydrogen-bond acceptors (Lipinski definition) is 3. The lowest BCUT2D eigenvalue weighted by molar-refractivity contribution is 0.193. The van der Waals surface area contributed by atoms with Gasteiger partial charge in [-0.3, -0.25) is 4.98 Å². The van der Waals surface area contributed by atoms with Crippen molar-refractivity contribution in [1.82, 2.24) is 9.88 Å². The molecule has 3 nitrogen and oxygen atoms in total. The predicted octanol–water partition coefficient (Wildman–Crippen LogP) is 2.77. The standard InChI is InChI=1S/C15H24N2O/c1-11(2)14-6-5-13(12-7-8-18-10-12)15(16-14)9-17(3)4/h5-6,11-12H,7-10H2,1-4H3/t12-/m1/s1. The number of rotatable bonds is 4. The fourth-order valence-electron chi connectivity index (χ4n) is 2.43. The van der Waals surface area contributed by atoms with Crippen LogP contribution in [0.3, 0.4) is 0 Å². The molecule has 100 valence electrons. The Labute approximate surface area is 110 Å². The van der Waals surface area contributed by atoms with E-state index in [9.17, 15) is 0 Å². The minimum Gasteiger partial charge on any atom is -0.381 e. The van der Waals surface area contributed by atoms with E-state index in [-0.39, 0.29) is 0 Å². The molecule has 0 amide bonds. The summed E-state index contributed by atoms with van der Waals surface area (Å²) < 4.78 is 5.51. The average Bonchev–Trinajstić information content (AvgIpc) is 2.81. The smallest absolute Gasteiger partial charge is 0.0582 e. The van der Waals surface area contributed by atoms with Crippen LogP contribution in [0.25, 0.3) is 0 Å². The first-order chi connectivity index (χ1) is 8.58. The fraction of sp³-hybridized carbons (Fsp3) is 0.667. The third-order valence-electron chi connectivity index (χ3n) is 3.46. The van der Waals surface area contributed by atoms with Crippen molar-refractivity contribution in [2.75, 3.05) is 27.3 Å². The quantitative estimate of drug-likeness (QED) is 0.819. The van der Waals surface area contributed by atoms with Crippen LogP contribution in [0.1, 0.15) is 49.1 Å². The van der Waals surface area contributed by atoms with Crippen LogP contribution < -0.4 is 0 Å². The summed E-state index contributed by atoms with van der Waals surface area (Å²) >= 11 is 0. The molecule has 2 heterocycles. The molecule has 1 fully saturated rings. The average molecular weight is 248 g/mol. The van der Waals surface area contributed by atoms with E-state index in [2.05, 4.69) is 45.0 Å². The third kappa shape index (κ3) is 3.09. The molecular weight excluding hydrogens is 224 g/mol. The molecule has 1 aliphatic rings. The molecule has 0 spiro atoms. The van der Waals surface area contributed by atoms with E-state index in [1.54, 1.807) is 0 Å². The van der Waals surface area contributed by atoms with Gasteiger partial charge in [0.2, 0.25) is 0 Å². The fourth-order valence-corrected chi connectivity index (χ4v) is 2.43. The summed E-state index contributed by atoms with van der Waals surface area (Å²) in [5, 5.41) is 0. The summed E-state index contributed by atoms with van der Waals surface area (Å²) in [6, 6.07) is 4.44. The lowest BCUT2D eigenvalue weighted by Gasteiger charge is -2.18. The van der Waals surface area contributed by atoms with Crippen LogP contribution in [0.5, 0.6) is 0 Å². The summed E-state index contributed by atoms with van der Waals surface area (Å²) in [5.74, 6) is 1.02. The van der Waals surface area contributed by atoms with Gasteiger partial charge < -0.3 is 9.64 Å². The van der Waals surface area contributed by atoms with Gasteiger partial charge in [-0.1, -0.05) is 19.9 Å². The van der Waals surface area contributed by atoms with Gasteiger partial charge in [0.1, 0.15) is 0 Å². The summed E-state index contributed by atoms with van der Waals surface area (Å²) in [6.45, 7) is 7.04. The van der Waals surface area contributed by atoms with Crippen LogP contribution in [-0.4, -0.2) is 37.2 Å². The summed E-state index contributed by atoms with van der Waals surface area (Å²) in [7, 11) is 4.19. The van der Waals surface area contributed by atoms with Crippen LogP contribution in [0.2, 0.25) is 0 Å². The summed E-state index contributed by atoms with van der Waals surface area (Å²) in [6.07, 6.45) is 1.13. The highest BCUT2D eigenvalue weighted by Crippen LogP contribution is 2.29. The molecule has 1 atom stereocenters. The number of ether oxygens (including phenoxy) is 1. The largest absolute Gasteiger partial charge is 0.381 e. The molecule has 0 saturated carbocycles. The van der Waals surface area contributed by atoms with Crippen LogP contribution in [-0.2, 0) is 11.3 Å². The van der Waals surface area contributed by atoms with Crippen molar-refractivity contribution >= 4 is 0 Å². The molecular formula is C15H24N2O. The second kappa shape index (κ2) is 5.81. The van der Waals surface area contributed by atoms with Crippen LogP contribution in [0.4, 0.5) is 0 Å². The first-order valence-electron chi connectivity index (χ1n) is 6.80. The number of nitrogens with zero attached hydrogens (tertiary/aromatic N) is 2. The molecule has 0 unspecified atom stereocenters. The molecule has 0 aromatic carbocycles. The molecule has 1 saturated heterocycles. The molecule has 2 rings (SSSR count). The second-order valence-corrected chi connectivity index (χ2v) is 5.73. The topological polar surface area (TPSA) is 25.4 Å². The Hall–Kier alpha value is -0.930. The van der Waals surface area contributed by atoms with Crippen molar-refractivity contribution in [2.24, 2.45) is 0 Å². The number of hydrogen-bond donors (Lipinski definition) is 0. The van der Waals surface area contributed by atoms with Gasteiger partial charge in [-0.05, 0) is 38.1 Å². The first-order valence-corrected chi connectivity index (χ1v) is 6.80. The van der Waals surface area contributed by atoms with E-state index >= 15 is 0 Å². The Bertz CT molecular complexity index is 395. The molecule has 0 N–H and O–H groups in total. The molecule has 1 aromatic heterocycles. The highest BCUT2D eigenvalue weighted by atomic mass is 16.5. The Kier molecular flexibility index (Phi) is 4.36. The Morgan fingerprint density at radius 2 is 2.17 bits per heavy atom.